The number of ether oxygens (including phenoxy) is 1. The molecule has 1 fully saturated rings. The second-order valence-electron chi connectivity index (χ2n) is 6.52. The molecular weight excluding hydrogens is 344 g/mol. The third-order valence-electron chi connectivity index (χ3n) is 4.71. The van der Waals surface area contributed by atoms with Crippen LogP contribution in [0.5, 0.6) is 0 Å². The van der Waals surface area contributed by atoms with Gasteiger partial charge in [0.25, 0.3) is 0 Å². The van der Waals surface area contributed by atoms with E-state index >= 15 is 0 Å². The molecule has 0 radical (unpaired) electrons. The number of anilines is 1. The lowest BCUT2D eigenvalue weighted by atomic mass is 9.91. The summed E-state index contributed by atoms with van der Waals surface area (Å²) < 4.78 is 5.60. The van der Waals surface area contributed by atoms with Gasteiger partial charge in [0.1, 0.15) is 11.8 Å². The summed E-state index contributed by atoms with van der Waals surface area (Å²) in [5.41, 5.74) is 1.71. The minimum Gasteiger partial charge on any atom is -0.368 e. The molecule has 0 bridgehead atoms. The zero-order valence-electron chi connectivity index (χ0n) is 15.5. The molecule has 7 nitrogen and oxygen atoms in total. The van der Waals surface area contributed by atoms with E-state index in [4.69, 9.17) is 4.74 Å². The quantitative estimate of drug-likeness (QED) is 0.470. The first-order valence-corrected chi connectivity index (χ1v) is 8.91. The van der Waals surface area contributed by atoms with Gasteiger partial charge in [-0.05, 0) is 49.8 Å². The van der Waals surface area contributed by atoms with Crippen molar-refractivity contribution < 1.29 is 9.66 Å². The van der Waals surface area contributed by atoms with Crippen LogP contribution in [0.3, 0.4) is 0 Å². The zero-order valence-corrected chi connectivity index (χ0v) is 15.5. The maximum absolute atomic E-state index is 11.2. The van der Waals surface area contributed by atoms with Crippen LogP contribution in [0.15, 0.2) is 36.5 Å². The maximum Gasteiger partial charge on any atom is 0.311 e. The second kappa shape index (κ2) is 8.60. The van der Waals surface area contributed by atoms with Crippen LogP contribution in [-0.2, 0) is 4.74 Å². The molecule has 1 aliphatic rings. The van der Waals surface area contributed by atoms with E-state index in [1.807, 2.05) is 30.0 Å². The van der Waals surface area contributed by atoms with Crippen molar-refractivity contribution in [1.82, 2.24) is 9.97 Å². The molecule has 1 unspecified atom stereocenters. The molecule has 0 aliphatic carbocycles. The van der Waals surface area contributed by atoms with Crippen LogP contribution in [0.2, 0.25) is 0 Å². The van der Waals surface area contributed by atoms with Crippen molar-refractivity contribution in [2.24, 2.45) is 5.92 Å². The van der Waals surface area contributed by atoms with Crippen molar-refractivity contribution in [3.05, 3.63) is 58.0 Å². The van der Waals surface area contributed by atoms with Gasteiger partial charge in [-0.2, -0.15) is 0 Å². The second-order valence-corrected chi connectivity index (χ2v) is 6.52. The fraction of sp³-hybridized carbons (Fsp3) is 0.400. The summed E-state index contributed by atoms with van der Waals surface area (Å²) in [6.45, 7) is 3.31. The number of methoxy groups -OCH3 is 1. The van der Waals surface area contributed by atoms with E-state index in [0.29, 0.717) is 18.9 Å². The maximum atomic E-state index is 11.2. The van der Waals surface area contributed by atoms with Gasteiger partial charge < -0.3 is 9.64 Å². The fourth-order valence-electron chi connectivity index (χ4n) is 3.32. The van der Waals surface area contributed by atoms with Crippen molar-refractivity contribution in [2.75, 3.05) is 25.1 Å². The minimum atomic E-state index is -0.382. The van der Waals surface area contributed by atoms with Gasteiger partial charge in [0.15, 0.2) is 0 Å². The Kier molecular flexibility index (Phi) is 5.99. The first-order chi connectivity index (χ1) is 13.1. The van der Waals surface area contributed by atoms with Crippen molar-refractivity contribution in [1.29, 1.82) is 0 Å². The topological polar surface area (TPSA) is 81.4 Å². The van der Waals surface area contributed by atoms with Gasteiger partial charge in [-0.25, -0.2) is 9.97 Å². The molecular formula is C20H22N4O3. The van der Waals surface area contributed by atoms with Gasteiger partial charge in [-0.1, -0.05) is 12.0 Å². The largest absolute Gasteiger partial charge is 0.368 e. The Morgan fingerprint density at radius 1 is 1.30 bits per heavy atom. The predicted octanol–water partition coefficient (Wildman–Crippen LogP) is 2.98. The highest BCUT2D eigenvalue weighted by Crippen LogP contribution is 2.30. The molecule has 3 rings (SSSR count). The molecule has 0 spiro atoms. The minimum absolute atomic E-state index is 0.0459. The molecule has 7 heteroatoms. The van der Waals surface area contributed by atoms with E-state index in [2.05, 4.69) is 21.8 Å². The highest BCUT2D eigenvalue weighted by molar-refractivity contribution is 5.57. The highest BCUT2D eigenvalue weighted by Gasteiger charge is 2.29. The molecule has 0 aromatic carbocycles. The Hall–Kier alpha value is -2.98. The van der Waals surface area contributed by atoms with Gasteiger partial charge in [-0.3, -0.25) is 10.1 Å². The lowest BCUT2D eigenvalue weighted by Crippen LogP contribution is -2.38. The smallest absolute Gasteiger partial charge is 0.311 e. The average Bonchev–Trinajstić information content (AvgIpc) is 2.69. The molecule has 0 N–H and O–H groups in total. The van der Waals surface area contributed by atoms with Gasteiger partial charge >= 0.3 is 5.69 Å². The third-order valence-corrected chi connectivity index (χ3v) is 4.71. The van der Waals surface area contributed by atoms with E-state index in [1.165, 1.54) is 6.07 Å². The molecule has 140 valence electrons. The van der Waals surface area contributed by atoms with Crippen molar-refractivity contribution in [3.63, 3.8) is 0 Å². The lowest BCUT2D eigenvalue weighted by molar-refractivity contribution is -0.384. The molecule has 1 aliphatic heterocycles. The zero-order chi connectivity index (χ0) is 19.2. The normalized spacial score (nSPS) is 15.7. The standard InChI is InChI=1S/C20H22N4O3/c1-15-5-3-6-17(22-15)8-9-19(27-2)16-10-13-23(14-11-16)20-18(24(25)26)7-4-12-21-20/h3-7,12,16,19H,10-11,13-14H2,1-2H3. The number of aromatic nitrogens is 2. The summed E-state index contributed by atoms with van der Waals surface area (Å²) in [6.07, 6.45) is 3.07. The van der Waals surface area contributed by atoms with Gasteiger partial charge in [-0.15, -0.1) is 0 Å². The summed E-state index contributed by atoms with van der Waals surface area (Å²) in [5.74, 6) is 6.99. The van der Waals surface area contributed by atoms with Crippen molar-refractivity contribution >= 4 is 11.5 Å². The van der Waals surface area contributed by atoms with Gasteiger partial charge in [0.2, 0.25) is 5.82 Å². The number of rotatable bonds is 4. The fourth-order valence-corrected chi connectivity index (χ4v) is 3.32. The Balaban J connectivity index is 1.67. The van der Waals surface area contributed by atoms with Crippen molar-refractivity contribution in [2.45, 2.75) is 25.9 Å². The molecule has 0 saturated carbocycles. The van der Waals surface area contributed by atoms with E-state index in [1.54, 1.807) is 19.4 Å². The van der Waals surface area contributed by atoms with E-state index in [-0.39, 0.29) is 22.6 Å². The number of hydrogen-bond acceptors (Lipinski definition) is 6. The summed E-state index contributed by atoms with van der Waals surface area (Å²) in [6, 6.07) is 8.84. The monoisotopic (exact) mass is 366 g/mol. The number of nitrogens with zero attached hydrogens (tertiary/aromatic N) is 4. The lowest BCUT2D eigenvalue weighted by Gasteiger charge is -2.34. The summed E-state index contributed by atoms with van der Waals surface area (Å²) in [7, 11) is 1.67. The molecule has 27 heavy (non-hydrogen) atoms. The van der Waals surface area contributed by atoms with Crippen LogP contribution in [0.25, 0.3) is 0 Å². The summed E-state index contributed by atoms with van der Waals surface area (Å²) in [4.78, 5) is 21.4. The van der Waals surface area contributed by atoms with Crippen molar-refractivity contribution in [3.8, 4) is 11.8 Å². The number of piperidine rings is 1. The summed E-state index contributed by atoms with van der Waals surface area (Å²) >= 11 is 0. The number of hydrogen-bond donors (Lipinski definition) is 0. The predicted molar refractivity (Wildman–Crippen MR) is 102 cm³/mol. The molecule has 2 aromatic heterocycles. The molecule has 1 saturated heterocycles. The van der Waals surface area contributed by atoms with Crippen LogP contribution in [0, 0.1) is 34.8 Å². The van der Waals surface area contributed by atoms with Crippen LogP contribution in [0.4, 0.5) is 11.5 Å². The Morgan fingerprint density at radius 2 is 2.07 bits per heavy atom. The molecule has 2 aromatic rings. The Morgan fingerprint density at radius 3 is 2.74 bits per heavy atom. The number of nitro groups is 1. The van der Waals surface area contributed by atoms with Crippen LogP contribution >= 0.6 is 0 Å². The highest BCUT2D eigenvalue weighted by atomic mass is 16.6. The first kappa shape index (κ1) is 18.8. The number of pyridine rings is 2. The van der Waals surface area contributed by atoms with E-state index in [0.717, 1.165) is 24.2 Å². The van der Waals surface area contributed by atoms with E-state index < -0.39 is 0 Å². The van der Waals surface area contributed by atoms with Gasteiger partial charge in [0.05, 0.1) is 4.92 Å². The molecule has 1 atom stereocenters. The number of aryl methyl sites for hydroxylation is 1. The molecule has 3 heterocycles. The van der Waals surface area contributed by atoms with Crippen LogP contribution in [0.1, 0.15) is 24.2 Å². The van der Waals surface area contributed by atoms with Crippen LogP contribution < -0.4 is 4.90 Å². The SMILES string of the molecule is COC(C#Cc1cccc(C)n1)C1CCN(c2ncccc2[N+](=O)[O-])CC1. The summed E-state index contributed by atoms with van der Waals surface area (Å²) in [5, 5.41) is 11.2. The Labute approximate surface area is 158 Å². The third kappa shape index (κ3) is 4.60. The van der Waals surface area contributed by atoms with Gasteiger partial charge in [0, 0.05) is 38.2 Å². The first-order valence-electron chi connectivity index (χ1n) is 8.91. The van der Waals surface area contributed by atoms with E-state index in [9.17, 15) is 10.1 Å². The Bertz CT molecular complexity index is 867. The average molecular weight is 366 g/mol. The van der Waals surface area contributed by atoms with Crippen LogP contribution in [-0.4, -0.2) is 41.2 Å². The molecule has 0 amide bonds.